The molecule has 1 aromatic rings. The number of hydrogen-bond acceptors (Lipinski definition) is 1. The van der Waals surface area contributed by atoms with Gasteiger partial charge in [0, 0.05) is 24.5 Å². The number of halogens is 1. The van der Waals surface area contributed by atoms with Crippen LogP contribution in [0.4, 0.5) is 0 Å². The molecule has 2 nitrogen and oxygen atoms in total. The van der Waals surface area contributed by atoms with Gasteiger partial charge in [-0.25, -0.2) is 0 Å². The molecule has 1 fully saturated rings. The maximum Gasteiger partial charge on any atom is 0.253 e. The Bertz CT molecular complexity index is 366. The standard InChI is InChI=1S/C14H18ClNO/c15-11-12-5-7-13(8-6-12)14(17)16-9-3-1-2-4-10-16/h5-8H,1-4,9-11H2. The van der Waals surface area contributed by atoms with E-state index in [-0.39, 0.29) is 5.91 Å². The molecule has 92 valence electrons. The predicted octanol–water partition coefficient (Wildman–Crippen LogP) is 3.44. The lowest BCUT2D eigenvalue weighted by Gasteiger charge is -2.20. The number of carbonyl (C=O) groups excluding carboxylic acids is 1. The Morgan fingerprint density at radius 3 is 2.18 bits per heavy atom. The highest BCUT2D eigenvalue weighted by molar-refractivity contribution is 6.17. The highest BCUT2D eigenvalue weighted by Crippen LogP contribution is 2.14. The van der Waals surface area contributed by atoms with Crippen LogP contribution in [0.5, 0.6) is 0 Å². The molecule has 2 rings (SSSR count). The second kappa shape index (κ2) is 6.06. The Kier molecular flexibility index (Phi) is 4.43. The topological polar surface area (TPSA) is 20.3 Å². The van der Waals surface area contributed by atoms with Gasteiger partial charge < -0.3 is 4.90 Å². The Labute approximate surface area is 108 Å². The lowest BCUT2D eigenvalue weighted by Crippen LogP contribution is -2.31. The Morgan fingerprint density at radius 1 is 1.06 bits per heavy atom. The van der Waals surface area contributed by atoms with Gasteiger partial charge in [-0.2, -0.15) is 0 Å². The summed E-state index contributed by atoms with van der Waals surface area (Å²) in [6.45, 7) is 1.80. The molecule has 3 heteroatoms. The summed E-state index contributed by atoms with van der Waals surface area (Å²) in [6.07, 6.45) is 4.75. The van der Waals surface area contributed by atoms with E-state index in [0.29, 0.717) is 5.88 Å². The Hall–Kier alpha value is -1.02. The minimum Gasteiger partial charge on any atom is -0.339 e. The van der Waals surface area contributed by atoms with E-state index in [9.17, 15) is 4.79 Å². The van der Waals surface area contributed by atoms with Crippen LogP contribution in [0.1, 0.15) is 41.6 Å². The van der Waals surface area contributed by atoms with E-state index in [2.05, 4.69) is 0 Å². The molecule has 0 atom stereocenters. The number of rotatable bonds is 2. The molecule has 1 heterocycles. The molecule has 1 aliphatic heterocycles. The van der Waals surface area contributed by atoms with Crippen LogP contribution in [0.3, 0.4) is 0 Å². The molecule has 1 saturated heterocycles. The average Bonchev–Trinajstić information content (AvgIpc) is 2.67. The fourth-order valence-corrected chi connectivity index (χ4v) is 2.37. The summed E-state index contributed by atoms with van der Waals surface area (Å²) in [6, 6.07) is 7.62. The third-order valence-electron chi connectivity index (χ3n) is 3.25. The molecule has 0 spiro atoms. The first-order chi connectivity index (χ1) is 8.31. The third kappa shape index (κ3) is 3.22. The molecule has 0 aliphatic carbocycles. The first kappa shape index (κ1) is 12.4. The normalized spacial score (nSPS) is 16.6. The summed E-state index contributed by atoms with van der Waals surface area (Å²) in [5, 5.41) is 0. The first-order valence-electron chi connectivity index (χ1n) is 6.25. The van der Waals surface area contributed by atoms with E-state index < -0.39 is 0 Å². The van der Waals surface area contributed by atoms with Gasteiger partial charge in [-0.3, -0.25) is 4.79 Å². The smallest absolute Gasteiger partial charge is 0.253 e. The van der Waals surface area contributed by atoms with Crippen LogP contribution in [0.2, 0.25) is 0 Å². The van der Waals surface area contributed by atoms with E-state index in [1.807, 2.05) is 29.2 Å². The van der Waals surface area contributed by atoms with Gasteiger partial charge in [-0.15, -0.1) is 11.6 Å². The van der Waals surface area contributed by atoms with Gasteiger partial charge in [0.1, 0.15) is 0 Å². The van der Waals surface area contributed by atoms with Crippen molar-refractivity contribution in [3.8, 4) is 0 Å². The van der Waals surface area contributed by atoms with E-state index >= 15 is 0 Å². The maximum atomic E-state index is 12.2. The van der Waals surface area contributed by atoms with Crippen molar-refractivity contribution in [3.05, 3.63) is 35.4 Å². The molecular weight excluding hydrogens is 234 g/mol. The largest absolute Gasteiger partial charge is 0.339 e. The minimum atomic E-state index is 0.160. The zero-order valence-electron chi connectivity index (χ0n) is 9.99. The maximum absolute atomic E-state index is 12.2. The van der Waals surface area contributed by atoms with Crippen LogP contribution < -0.4 is 0 Å². The molecule has 0 aromatic heterocycles. The van der Waals surface area contributed by atoms with E-state index in [1.165, 1.54) is 12.8 Å². The molecule has 0 saturated carbocycles. The van der Waals surface area contributed by atoms with Crippen molar-refractivity contribution < 1.29 is 4.79 Å². The quantitative estimate of drug-likeness (QED) is 0.738. The summed E-state index contributed by atoms with van der Waals surface area (Å²) in [4.78, 5) is 14.2. The van der Waals surface area contributed by atoms with Crippen LogP contribution in [0.25, 0.3) is 0 Å². The van der Waals surface area contributed by atoms with Gasteiger partial charge >= 0.3 is 0 Å². The number of alkyl halides is 1. The van der Waals surface area contributed by atoms with Crippen LogP contribution in [-0.2, 0) is 5.88 Å². The summed E-state index contributed by atoms with van der Waals surface area (Å²) < 4.78 is 0. The van der Waals surface area contributed by atoms with Crippen molar-refractivity contribution in [1.29, 1.82) is 0 Å². The first-order valence-corrected chi connectivity index (χ1v) is 6.79. The van der Waals surface area contributed by atoms with E-state index in [0.717, 1.165) is 37.1 Å². The van der Waals surface area contributed by atoms with Crippen molar-refractivity contribution in [1.82, 2.24) is 4.90 Å². The highest BCUT2D eigenvalue weighted by Gasteiger charge is 2.16. The molecule has 0 N–H and O–H groups in total. The fourth-order valence-electron chi connectivity index (χ4n) is 2.19. The molecule has 17 heavy (non-hydrogen) atoms. The second-order valence-corrected chi connectivity index (χ2v) is 4.80. The zero-order valence-corrected chi connectivity index (χ0v) is 10.7. The van der Waals surface area contributed by atoms with Gasteiger partial charge in [0.2, 0.25) is 0 Å². The van der Waals surface area contributed by atoms with Gasteiger partial charge in [-0.1, -0.05) is 25.0 Å². The second-order valence-electron chi connectivity index (χ2n) is 4.54. The summed E-state index contributed by atoms with van der Waals surface area (Å²) in [5.41, 5.74) is 1.83. The summed E-state index contributed by atoms with van der Waals surface area (Å²) >= 11 is 5.73. The van der Waals surface area contributed by atoms with Crippen LogP contribution in [0, 0.1) is 0 Å². The average molecular weight is 252 g/mol. The minimum absolute atomic E-state index is 0.160. The van der Waals surface area contributed by atoms with Gasteiger partial charge in [-0.05, 0) is 30.5 Å². The van der Waals surface area contributed by atoms with E-state index in [4.69, 9.17) is 11.6 Å². The van der Waals surface area contributed by atoms with Gasteiger partial charge in [0.05, 0.1) is 0 Å². The Balaban J connectivity index is 2.06. The SMILES string of the molecule is O=C(c1ccc(CCl)cc1)N1CCCCCC1. The van der Waals surface area contributed by atoms with Crippen molar-refractivity contribution >= 4 is 17.5 Å². The highest BCUT2D eigenvalue weighted by atomic mass is 35.5. The van der Waals surface area contributed by atoms with Crippen LogP contribution >= 0.6 is 11.6 Å². The molecule has 0 bridgehead atoms. The number of benzene rings is 1. The van der Waals surface area contributed by atoms with Crippen LogP contribution in [0.15, 0.2) is 24.3 Å². The zero-order chi connectivity index (χ0) is 12.1. The van der Waals surface area contributed by atoms with Gasteiger partial charge in [0.15, 0.2) is 0 Å². The number of nitrogens with zero attached hydrogens (tertiary/aromatic N) is 1. The molecule has 1 aromatic carbocycles. The van der Waals surface area contributed by atoms with Gasteiger partial charge in [0.25, 0.3) is 5.91 Å². The number of amides is 1. The number of carbonyl (C=O) groups is 1. The molecular formula is C14H18ClNO. The predicted molar refractivity (Wildman–Crippen MR) is 70.4 cm³/mol. The molecule has 0 radical (unpaired) electrons. The fraction of sp³-hybridized carbons (Fsp3) is 0.500. The van der Waals surface area contributed by atoms with Crippen molar-refractivity contribution in [3.63, 3.8) is 0 Å². The Morgan fingerprint density at radius 2 is 1.65 bits per heavy atom. The van der Waals surface area contributed by atoms with E-state index in [1.54, 1.807) is 0 Å². The number of hydrogen-bond donors (Lipinski definition) is 0. The van der Waals surface area contributed by atoms with Crippen molar-refractivity contribution in [2.24, 2.45) is 0 Å². The summed E-state index contributed by atoms with van der Waals surface area (Å²) in [5.74, 6) is 0.658. The molecule has 1 aliphatic rings. The third-order valence-corrected chi connectivity index (χ3v) is 3.56. The lowest BCUT2D eigenvalue weighted by atomic mass is 10.1. The lowest BCUT2D eigenvalue weighted by molar-refractivity contribution is 0.0761. The summed E-state index contributed by atoms with van der Waals surface area (Å²) in [7, 11) is 0. The number of likely N-dealkylation sites (tertiary alicyclic amines) is 1. The monoisotopic (exact) mass is 251 g/mol. The molecule has 0 unspecified atom stereocenters. The molecule has 1 amide bonds. The van der Waals surface area contributed by atoms with Crippen LogP contribution in [-0.4, -0.2) is 23.9 Å². The van der Waals surface area contributed by atoms with Crippen molar-refractivity contribution in [2.75, 3.05) is 13.1 Å². The van der Waals surface area contributed by atoms with Crippen molar-refractivity contribution in [2.45, 2.75) is 31.6 Å².